The van der Waals surface area contributed by atoms with Gasteiger partial charge in [-0.3, -0.25) is 0 Å². The van der Waals surface area contributed by atoms with E-state index in [-0.39, 0.29) is 5.92 Å². The molecule has 0 aliphatic carbocycles. The normalized spacial score (nSPS) is 31.8. The fourth-order valence-corrected chi connectivity index (χ4v) is 3.17. The van der Waals surface area contributed by atoms with Crippen molar-refractivity contribution >= 4 is 0 Å². The monoisotopic (exact) mass is 241 g/mol. The smallest absolute Gasteiger partial charge is 0.194 e. The van der Waals surface area contributed by atoms with Crippen LogP contribution in [0.3, 0.4) is 0 Å². The molecule has 3 rings (SSSR count). The summed E-state index contributed by atoms with van der Waals surface area (Å²) < 4.78 is 39.7. The largest absolute Gasteiger partial charge is 0.311 e. The van der Waals surface area contributed by atoms with Gasteiger partial charge in [-0.25, -0.2) is 13.2 Å². The van der Waals surface area contributed by atoms with E-state index in [9.17, 15) is 13.2 Å². The molecule has 2 aliphatic rings. The van der Waals surface area contributed by atoms with Gasteiger partial charge in [-0.2, -0.15) is 0 Å². The Labute approximate surface area is 98.0 Å². The van der Waals surface area contributed by atoms with Gasteiger partial charge in [0.1, 0.15) is 0 Å². The Hall–Kier alpha value is -1.03. The Morgan fingerprint density at radius 3 is 2.24 bits per heavy atom. The first-order valence-corrected chi connectivity index (χ1v) is 6.04. The molecule has 0 radical (unpaired) electrons. The van der Waals surface area contributed by atoms with Crippen LogP contribution in [-0.4, -0.2) is 12.1 Å². The Bertz CT molecular complexity index is 435. The highest BCUT2D eigenvalue weighted by molar-refractivity contribution is 5.25. The van der Waals surface area contributed by atoms with E-state index in [0.29, 0.717) is 17.6 Å². The Kier molecular flexibility index (Phi) is 2.62. The van der Waals surface area contributed by atoms with Crippen LogP contribution < -0.4 is 5.32 Å². The lowest BCUT2D eigenvalue weighted by atomic mass is 9.86. The molecule has 4 heteroatoms. The molecule has 1 nitrogen and oxygen atoms in total. The second-order valence-corrected chi connectivity index (χ2v) is 5.07. The van der Waals surface area contributed by atoms with Crippen molar-refractivity contribution in [2.45, 2.75) is 43.7 Å². The van der Waals surface area contributed by atoms with Gasteiger partial charge in [-0.05, 0) is 43.2 Å². The second-order valence-electron chi connectivity index (χ2n) is 5.07. The minimum absolute atomic E-state index is 0.0175. The van der Waals surface area contributed by atoms with Crippen molar-refractivity contribution in [2.24, 2.45) is 0 Å². The summed E-state index contributed by atoms with van der Waals surface area (Å²) >= 11 is 0. The van der Waals surface area contributed by atoms with E-state index in [1.54, 1.807) is 0 Å². The van der Waals surface area contributed by atoms with E-state index in [1.165, 1.54) is 6.07 Å². The predicted molar refractivity (Wildman–Crippen MR) is 58.2 cm³/mol. The number of piperidine rings is 1. The second kappa shape index (κ2) is 4.02. The van der Waals surface area contributed by atoms with Gasteiger partial charge in [0.2, 0.25) is 0 Å². The van der Waals surface area contributed by atoms with E-state index in [0.717, 1.165) is 31.7 Å². The van der Waals surface area contributed by atoms with E-state index < -0.39 is 17.5 Å². The van der Waals surface area contributed by atoms with Crippen LogP contribution in [0.1, 0.15) is 37.2 Å². The first-order valence-electron chi connectivity index (χ1n) is 6.04. The molecule has 0 spiro atoms. The van der Waals surface area contributed by atoms with Gasteiger partial charge in [0.15, 0.2) is 17.5 Å². The summed E-state index contributed by atoms with van der Waals surface area (Å²) in [6.07, 6.45) is 3.84. The maximum Gasteiger partial charge on any atom is 0.194 e. The van der Waals surface area contributed by atoms with Crippen LogP contribution in [0.25, 0.3) is 0 Å². The first-order chi connectivity index (χ1) is 8.15. The molecule has 2 heterocycles. The molecule has 0 saturated carbocycles. The van der Waals surface area contributed by atoms with Crippen LogP contribution in [0.15, 0.2) is 12.1 Å². The van der Waals surface area contributed by atoms with Crippen molar-refractivity contribution in [3.05, 3.63) is 35.1 Å². The molecule has 0 aromatic heterocycles. The minimum atomic E-state index is -1.34. The van der Waals surface area contributed by atoms with Gasteiger partial charge >= 0.3 is 0 Å². The van der Waals surface area contributed by atoms with Gasteiger partial charge < -0.3 is 5.32 Å². The lowest BCUT2D eigenvalue weighted by Crippen LogP contribution is -2.37. The van der Waals surface area contributed by atoms with Gasteiger partial charge in [-0.15, -0.1) is 0 Å². The van der Waals surface area contributed by atoms with Crippen LogP contribution >= 0.6 is 0 Å². The molecule has 1 aromatic carbocycles. The van der Waals surface area contributed by atoms with Crippen molar-refractivity contribution in [1.29, 1.82) is 0 Å². The highest BCUT2D eigenvalue weighted by atomic mass is 19.2. The number of hydrogen-bond acceptors (Lipinski definition) is 1. The predicted octanol–water partition coefficient (Wildman–Crippen LogP) is 3.10. The highest BCUT2D eigenvalue weighted by Crippen LogP contribution is 2.38. The van der Waals surface area contributed by atoms with Crippen molar-refractivity contribution in [3.8, 4) is 0 Å². The molecule has 2 saturated heterocycles. The van der Waals surface area contributed by atoms with Crippen LogP contribution in [0.4, 0.5) is 13.2 Å². The van der Waals surface area contributed by atoms with E-state index >= 15 is 0 Å². The molecule has 0 amide bonds. The zero-order valence-corrected chi connectivity index (χ0v) is 9.35. The third kappa shape index (κ3) is 1.84. The van der Waals surface area contributed by atoms with Crippen LogP contribution in [0, 0.1) is 17.5 Å². The number of benzene rings is 1. The molecular formula is C13H14F3N. The average molecular weight is 241 g/mol. The molecule has 2 fully saturated rings. The van der Waals surface area contributed by atoms with E-state index in [4.69, 9.17) is 0 Å². The SMILES string of the molecule is Fc1ccc(C2CC3CCC(C2)N3)c(F)c1F. The summed E-state index contributed by atoms with van der Waals surface area (Å²) in [4.78, 5) is 0. The number of hydrogen-bond donors (Lipinski definition) is 1. The zero-order chi connectivity index (χ0) is 12.0. The van der Waals surface area contributed by atoms with Crippen molar-refractivity contribution in [2.75, 3.05) is 0 Å². The maximum absolute atomic E-state index is 13.7. The van der Waals surface area contributed by atoms with E-state index in [2.05, 4.69) is 5.32 Å². The van der Waals surface area contributed by atoms with Gasteiger partial charge in [0, 0.05) is 12.1 Å². The fraction of sp³-hybridized carbons (Fsp3) is 0.538. The molecule has 17 heavy (non-hydrogen) atoms. The molecule has 2 unspecified atom stereocenters. The first kappa shape index (κ1) is 11.1. The van der Waals surface area contributed by atoms with Crippen LogP contribution in [0.5, 0.6) is 0 Å². The van der Waals surface area contributed by atoms with Gasteiger partial charge in [0.05, 0.1) is 0 Å². The van der Waals surface area contributed by atoms with Crippen LogP contribution in [0.2, 0.25) is 0 Å². The molecule has 1 N–H and O–H groups in total. The Morgan fingerprint density at radius 1 is 0.941 bits per heavy atom. The number of fused-ring (bicyclic) bond motifs is 2. The van der Waals surface area contributed by atoms with E-state index in [1.807, 2.05) is 0 Å². The fourth-order valence-electron chi connectivity index (χ4n) is 3.17. The molecular weight excluding hydrogens is 227 g/mol. The molecule has 2 atom stereocenters. The summed E-state index contributed by atoms with van der Waals surface area (Å²) in [5.74, 6) is -3.43. The van der Waals surface area contributed by atoms with Gasteiger partial charge in [-0.1, -0.05) is 6.07 Å². The summed E-state index contributed by atoms with van der Waals surface area (Å²) in [6.45, 7) is 0. The molecule has 1 aromatic rings. The van der Waals surface area contributed by atoms with Crippen molar-refractivity contribution in [1.82, 2.24) is 5.32 Å². The molecule has 2 aliphatic heterocycles. The van der Waals surface area contributed by atoms with Crippen molar-refractivity contribution in [3.63, 3.8) is 0 Å². The molecule has 2 bridgehead atoms. The number of halogens is 3. The summed E-state index contributed by atoms with van der Waals surface area (Å²) in [5.41, 5.74) is 0.335. The third-order valence-corrected chi connectivity index (χ3v) is 3.98. The minimum Gasteiger partial charge on any atom is -0.311 e. The lowest BCUT2D eigenvalue weighted by molar-refractivity contribution is 0.349. The summed E-state index contributed by atoms with van der Waals surface area (Å²) in [7, 11) is 0. The van der Waals surface area contributed by atoms with Gasteiger partial charge in [0.25, 0.3) is 0 Å². The number of rotatable bonds is 1. The topological polar surface area (TPSA) is 12.0 Å². The summed E-state index contributed by atoms with van der Waals surface area (Å²) in [6, 6.07) is 3.23. The average Bonchev–Trinajstić information content (AvgIpc) is 2.65. The summed E-state index contributed by atoms with van der Waals surface area (Å²) in [5, 5.41) is 3.45. The molecule has 92 valence electrons. The maximum atomic E-state index is 13.7. The standard InChI is InChI=1S/C13H14F3N/c14-11-4-3-10(12(15)13(11)16)7-5-8-1-2-9(6-7)17-8/h3-4,7-9,17H,1-2,5-6H2. The van der Waals surface area contributed by atoms with Crippen molar-refractivity contribution < 1.29 is 13.2 Å². The Morgan fingerprint density at radius 2 is 1.59 bits per heavy atom. The van der Waals surface area contributed by atoms with Crippen LogP contribution in [-0.2, 0) is 0 Å². The highest BCUT2D eigenvalue weighted by Gasteiger charge is 2.35. The zero-order valence-electron chi connectivity index (χ0n) is 9.35. The lowest BCUT2D eigenvalue weighted by Gasteiger charge is -2.29. The Balaban J connectivity index is 1.92. The quantitative estimate of drug-likeness (QED) is 0.745. The number of nitrogens with one attached hydrogen (secondary N) is 1. The third-order valence-electron chi connectivity index (χ3n) is 3.98.